The van der Waals surface area contributed by atoms with Gasteiger partial charge in [0.2, 0.25) is 0 Å². The molecule has 0 aliphatic heterocycles. The lowest BCUT2D eigenvalue weighted by atomic mass is 9.95. The van der Waals surface area contributed by atoms with E-state index < -0.39 is 5.91 Å². The predicted molar refractivity (Wildman–Crippen MR) is 72.7 cm³/mol. The number of fused-ring (bicyclic) bond motifs is 1. The number of unbranched alkanes of at least 4 members (excludes halogenated alkanes) is 1. The minimum Gasteiger partial charge on any atom is -0.506 e. The number of hydrogen-bond donors (Lipinski definition) is 2. The van der Waals surface area contributed by atoms with Crippen molar-refractivity contribution in [3.8, 4) is 5.75 Å². The summed E-state index contributed by atoms with van der Waals surface area (Å²) in [6.45, 7) is 2.09. The molecule has 18 heavy (non-hydrogen) atoms. The lowest BCUT2D eigenvalue weighted by Crippen LogP contribution is -2.14. The third-order valence-corrected chi connectivity index (χ3v) is 3.15. The zero-order valence-electron chi connectivity index (χ0n) is 10.4. The molecular weight excluding hydrogens is 226 g/mol. The van der Waals surface area contributed by atoms with Gasteiger partial charge in [-0.2, -0.15) is 0 Å². The molecule has 3 nitrogen and oxygen atoms in total. The van der Waals surface area contributed by atoms with Crippen LogP contribution in [0.15, 0.2) is 30.3 Å². The van der Waals surface area contributed by atoms with Gasteiger partial charge >= 0.3 is 0 Å². The van der Waals surface area contributed by atoms with Gasteiger partial charge in [0, 0.05) is 5.39 Å². The summed E-state index contributed by atoms with van der Waals surface area (Å²) < 4.78 is 0. The fourth-order valence-electron chi connectivity index (χ4n) is 2.22. The first-order valence-corrected chi connectivity index (χ1v) is 6.18. The molecule has 94 valence electrons. The second-order valence-corrected chi connectivity index (χ2v) is 4.45. The van der Waals surface area contributed by atoms with Gasteiger partial charge in [-0.25, -0.2) is 0 Å². The highest BCUT2D eigenvalue weighted by atomic mass is 16.3. The number of hydrogen-bond acceptors (Lipinski definition) is 2. The van der Waals surface area contributed by atoms with E-state index in [1.54, 1.807) is 6.07 Å². The number of aryl methyl sites for hydroxylation is 1. The summed E-state index contributed by atoms with van der Waals surface area (Å²) in [5.74, 6) is -0.559. The van der Waals surface area contributed by atoms with Crippen LogP contribution >= 0.6 is 0 Å². The van der Waals surface area contributed by atoms with Crippen LogP contribution in [0.2, 0.25) is 0 Å². The maximum atomic E-state index is 11.5. The fraction of sp³-hybridized carbons (Fsp3) is 0.267. The van der Waals surface area contributed by atoms with E-state index in [1.165, 1.54) is 0 Å². The van der Waals surface area contributed by atoms with Gasteiger partial charge in [0.05, 0.1) is 5.56 Å². The van der Waals surface area contributed by atoms with Crippen LogP contribution in [0, 0.1) is 0 Å². The topological polar surface area (TPSA) is 63.3 Å². The molecule has 2 aromatic rings. The van der Waals surface area contributed by atoms with E-state index in [-0.39, 0.29) is 11.3 Å². The standard InChI is InChI=1S/C15H17NO2/c1-2-3-6-11-9-10-7-4-5-8-12(10)14(17)13(11)15(16)18/h4-5,7-9,17H,2-3,6H2,1H3,(H2,16,18). The molecule has 0 aromatic heterocycles. The Morgan fingerprint density at radius 2 is 2.06 bits per heavy atom. The quantitative estimate of drug-likeness (QED) is 0.867. The molecular formula is C15H17NO2. The number of amides is 1. The molecule has 0 aliphatic rings. The number of rotatable bonds is 4. The third kappa shape index (κ3) is 2.16. The zero-order valence-corrected chi connectivity index (χ0v) is 10.4. The van der Waals surface area contributed by atoms with Crippen molar-refractivity contribution in [2.75, 3.05) is 0 Å². The molecule has 0 atom stereocenters. The van der Waals surface area contributed by atoms with Crippen LogP contribution < -0.4 is 5.73 Å². The number of carbonyl (C=O) groups excluding carboxylic acids is 1. The first kappa shape index (κ1) is 12.4. The van der Waals surface area contributed by atoms with Gasteiger partial charge in [-0.3, -0.25) is 4.79 Å². The first-order valence-electron chi connectivity index (χ1n) is 6.18. The number of benzene rings is 2. The van der Waals surface area contributed by atoms with Crippen molar-refractivity contribution in [2.45, 2.75) is 26.2 Å². The summed E-state index contributed by atoms with van der Waals surface area (Å²) in [5, 5.41) is 11.8. The Bertz CT molecular complexity index is 590. The maximum Gasteiger partial charge on any atom is 0.252 e. The van der Waals surface area contributed by atoms with Crippen LogP contribution in [0.25, 0.3) is 10.8 Å². The predicted octanol–water partition coefficient (Wildman–Crippen LogP) is 2.99. The van der Waals surface area contributed by atoms with Crippen molar-refractivity contribution in [3.63, 3.8) is 0 Å². The summed E-state index contributed by atoms with van der Waals surface area (Å²) in [5.41, 5.74) is 6.48. The molecule has 0 fully saturated rings. The molecule has 0 aliphatic carbocycles. The lowest BCUT2D eigenvalue weighted by molar-refractivity contribution is 0.0997. The Morgan fingerprint density at radius 1 is 1.33 bits per heavy atom. The number of nitrogens with two attached hydrogens (primary N) is 1. The average Bonchev–Trinajstić information content (AvgIpc) is 2.36. The number of phenols is 1. The highest BCUT2D eigenvalue weighted by Gasteiger charge is 2.16. The van der Waals surface area contributed by atoms with Gasteiger partial charge < -0.3 is 10.8 Å². The molecule has 0 heterocycles. The van der Waals surface area contributed by atoms with E-state index >= 15 is 0 Å². The molecule has 0 radical (unpaired) electrons. The molecule has 0 spiro atoms. The van der Waals surface area contributed by atoms with E-state index in [0.29, 0.717) is 5.39 Å². The summed E-state index contributed by atoms with van der Waals surface area (Å²) in [6.07, 6.45) is 2.76. The normalized spacial score (nSPS) is 10.7. The summed E-state index contributed by atoms with van der Waals surface area (Å²) >= 11 is 0. The van der Waals surface area contributed by atoms with Crippen LogP contribution in [0.5, 0.6) is 5.75 Å². The second-order valence-electron chi connectivity index (χ2n) is 4.45. The fourth-order valence-corrected chi connectivity index (χ4v) is 2.22. The minimum atomic E-state index is -0.565. The highest BCUT2D eigenvalue weighted by molar-refractivity contribution is 6.04. The zero-order chi connectivity index (χ0) is 13.1. The van der Waals surface area contributed by atoms with Crippen LogP contribution in [0.3, 0.4) is 0 Å². The van der Waals surface area contributed by atoms with Crippen LogP contribution in [-0.4, -0.2) is 11.0 Å². The van der Waals surface area contributed by atoms with Crippen molar-refractivity contribution >= 4 is 16.7 Å². The van der Waals surface area contributed by atoms with Gasteiger partial charge in [-0.05, 0) is 23.8 Å². The molecule has 0 saturated heterocycles. The molecule has 3 heteroatoms. The Kier molecular flexibility index (Phi) is 3.51. The first-order chi connectivity index (χ1) is 8.65. The second kappa shape index (κ2) is 5.08. The molecule has 1 amide bonds. The SMILES string of the molecule is CCCCc1cc2ccccc2c(O)c1C(N)=O. The van der Waals surface area contributed by atoms with Gasteiger partial charge in [0.15, 0.2) is 0 Å². The van der Waals surface area contributed by atoms with E-state index in [1.807, 2.05) is 24.3 Å². The van der Waals surface area contributed by atoms with Gasteiger partial charge in [-0.15, -0.1) is 0 Å². The molecule has 2 rings (SSSR count). The van der Waals surface area contributed by atoms with Crippen molar-refractivity contribution in [3.05, 3.63) is 41.5 Å². The molecule has 3 N–H and O–H groups in total. The van der Waals surface area contributed by atoms with Crippen LogP contribution in [0.1, 0.15) is 35.7 Å². The Morgan fingerprint density at radius 3 is 2.72 bits per heavy atom. The van der Waals surface area contributed by atoms with Crippen LogP contribution in [0.4, 0.5) is 0 Å². The Hall–Kier alpha value is -2.03. The van der Waals surface area contributed by atoms with Gasteiger partial charge in [0.25, 0.3) is 5.91 Å². The molecule has 0 unspecified atom stereocenters. The van der Waals surface area contributed by atoms with Gasteiger partial charge in [-0.1, -0.05) is 43.7 Å². The maximum absolute atomic E-state index is 11.5. The van der Waals surface area contributed by atoms with Gasteiger partial charge in [0.1, 0.15) is 5.75 Å². The Balaban J connectivity index is 2.67. The average molecular weight is 243 g/mol. The van der Waals surface area contributed by atoms with E-state index in [9.17, 15) is 9.90 Å². The summed E-state index contributed by atoms with van der Waals surface area (Å²) in [6, 6.07) is 9.41. The van der Waals surface area contributed by atoms with Crippen molar-refractivity contribution in [2.24, 2.45) is 5.73 Å². The van der Waals surface area contributed by atoms with E-state index in [4.69, 9.17) is 5.73 Å². The lowest BCUT2D eigenvalue weighted by Gasteiger charge is -2.11. The third-order valence-electron chi connectivity index (χ3n) is 3.15. The molecule has 0 saturated carbocycles. The number of aromatic hydroxyl groups is 1. The largest absolute Gasteiger partial charge is 0.506 e. The van der Waals surface area contributed by atoms with Crippen molar-refractivity contribution < 1.29 is 9.90 Å². The number of carbonyl (C=O) groups is 1. The smallest absolute Gasteiger partial charge is 0.252 e. The summed E-state index contributed by atoms with van der Waals surface area (Å²) in [4.78, 5) is 11.5. The monoisotopic (exact) mass is 243 g/mol. The van der Waals surface area contributed by atoms with E-state index in [0.717, 1.165) is 30.2 Å². The minimum absolute atomic E-state index is 0.00621. The van der Waals surface area contributed by atoms with E-state index in [2.05, 4.69) is 6.92 Å². The Labute approximate surface area is 106 Å². The number of primary amides is 1. The van der Waals surface area contributed by atoms with Crippen LogP contribution in [-0.2, 0) is 6.42 Å². The molecule has 0 bridgehead atoms. The molecule has 2 aromatic carbocycles. The van der Waals surface area contributed by atoms with Crippen molar-refractivity contribution in [1.82, 2.24) is 0 Å². The summed E-state index contributed by atoms with van der Waals surface area (Å²) in [7, 11) is 0. The van der Waals surface area contributed by atoms with Crippen molar-refractivity contribution in [1.29, 1.82) is 0 Å². The highest BCUT2D eigenvalue weighted by Crippen LogP contribution is 2.32.